The molecular formula is C21H23N3O3S. The van der Waals surface area contributed by atoms with Gasteiger partial charge in [-0.2, -0.15) is 0 Å². The molecule has 3 atom stereocenters. The topological polar surface area (TPSA) is 71.6 Å². The van der Waals surface area contributed by atoms with E-state index in [1.54, 1.807) is 26.0 Å². The number of benzene rings is 2. The minimum atomic E-state index is -0.180. The molecule has 4 rings (SSSR count). The highest BCUT2D eigenvalue weighted by Crippen LogP contribution is 2.41. The zero-order chi connectivity index (χ0) is 19.5. The van der Waals surface area contributed by atoms with Crippen LogP contribution < -0.4 is 25.4 Å². The molecule has 0 radical (unpaired) electrons. The summed E-state index contributed by atoms with van der Waals surface area (Å²) in [6, 6.07) is 15.7. The van der Waals surface area contributed by atoms with Gasteiger partial charge in [-0.25, -0.2) is 0 Å². The summed E-state index contributed by atoms with van der Waals surface area (Å²) in [6.45, 7) is 0.548. The number of carbonyl (C=O) groups excluding carboxylic acids is 1. The summed E-state index contributed by atoms with van der Waals surface area (Å²) >= 11 is 1.67. The number of thioether (sulfide) groups is 1. The second-order valence-electron chi connectivity index (χ2n) is 6.68. The Balaban J connectivity index is 1.41. The molecule has 7 heteroatoms. The van der Waals surface area contributed by atoms with E-state index in [2.05, 4.69) is 21.4 Å². The molecule has 3 unspecified atom stereocenters. The number of nitrogens with one attached hydrogen (secondary N) is 3. The third-order valence-electron chi connectivity index (χ3n) is 4.91. The third-order valence-corrected chi connectivity index (χ3v) is 6.00. The third kappa shape index (κ3) is 3.81. The quantitative estimate of drug-likeness (QED) is 0.696. The Morgan fingerprint density at radius 3 is 2.46 bits per heavy atom. The second-order valence-corrected chi connectivity index (χ2v) is 7.70. The monoisotopic (exact) mass is 397 g/mol. The van der Waals surface area contributed by atoms with Crippen LogP contribution >= 0.6 is 11.8 Å². The number of fused-ring (bicyclic) bond motifs is 1. The van der Waals surface area contributed by atoms with E-state index in [9.17, 15) is 4.79 Å². The molecule has 0 bridgehead atoms. The van der Waals surface area contributed by atoms with Crippen molar-refractivity contribution in [2.75, 3.05) is 26.1 Å². The number of methoxy groups -OCH3 is 2. The van der Waals surface area contributed by atoms with Gasteiger partial charge in [0, 0.05) is 30.4 Å². The van der Waals surface area contributed by atoms with E-state index in [1.807, 2.05) is 48.5 Å². The number of hydrogen-bond acceptors (Lipinski definition) is 6. The van der Waals surface area contributed by atoms with E-state index in [0.29, 0.717) is 18.0 Å². The Morgan fingerprint density at radius 1 is 1.07 bits per heavy atom. The molecule has 1 fully saturated rings. The molecule has 0 spiro atoms. The minimum Gasteiger partial charge on any atom is -0.497 e. The maximum absolute atomic E-state index is 12.8. The van der Waals surface area contributed by atoms with E-state index in [4.69, 9.17) is 9.47 Å². The maximum atomic E-state index is 12.8. The van der Waals surface area contributed by atoms with Gasteiger partial charge in [-0.05, 0) is 16.5 Å². The Hall–Kier alpha value is -2.64. The van der Waals surface area contributed by atoms with Gasteiger partial charge in [0.15, 0.2) is 0 Å². The smallest absolute Gasteiger partial charge is 0.231 e. The molecule has 28 heavy (non-hydrogen) atoms. The molecule has 0 saturated carbocycles. The normalized spacial score (nSPS) is 23.4. The highest BCUT2D eigenvalue weighted by Gasteiger charge is 2.42. The number of anilines is 1. The van der Waals surface area contributed by atoms with Crippen molar-refractivity contribution in [1.29, 1.82) is 0 Å². The molecule has 146 valence electrons. The van der Waals surface area contributed by atoms with Gasteiger partial charge >= 0.3 is 0 Å². The van der Waals surface area contributed by atoms with E-state index in [-0.39, 0.29) is 23.4 Å². The summed E-state index contributed by atoms with van der Waals surface area (Å²) in [5.41, 5.74) is 3.04. The molecule has 0 aliphatic carbocycles. The SMILES string of the molecule is COc1cc(NCC2NC(=O)C3C(c4ccccc4)=CSC3N2)cc(OC)c1. The van der Waals surface area contributed by atoms with Crippen molar-refractivity contribution >= 4 is 28.9 Å². The van der Waals surface area contributed by atoms with Gasteiger partial charge in [0.2, 0.25) is 5.91 Å². The van der Waals surface area contributed by atoms with Gasteiger partial charge in [0.05, 0.1) is 31.7 Å². The summed E-state index contributed by atoms with van der Waals surface area (Å²) in [6.07, 6.45) is -0.165. The molecule has 2 aliphatic heterocycles. The second kappa shape index (κ2) is 8.16. The number of carbonyl (C=O) groups is 1. The van der Waals surface area contributed by atoms with Crippen molar-refractivity contribution in [3.63, 3.8) is 0 Å². The van der Waals surface area contributed by atoms with Crippen LogP contribution in [0.15, 0.2) is 53.9 Å². The Kier molecular flexibility index (Phi) is 5.45. The molecule has 2 heterocycles. The van der Waals surface area contributed by atoms with Crippen LogP contribution in [0.3, 0.4) is 0 Å². The molecule has 0 aromatic heterocycles. The fourth-order valence-electron chi connectivity index (χ4n) is 3.49. The van der Waals surface area contributed by atoms with Crippen molar-refractivity contribution in [2.45, 2.75) is 11.5 Å². The Morgan fingerprint density at radius 2 is 1.79 bits per heavy atom. The molecule has 2 aromatic rings. The van der Waals surface area contributed by atoms with Crippen LogP contribution in [0.25, 0.3) is 5.57 Å². The number of amides is 1. The molecule has 6 nitrogen and oxygen atoms in total. The average molecular weight is 398 g/mol. The van der Waals surface area contributed by atoms with Gasteiger partial charge in [-0.3, -0.25) is 10.1 Å². The van der Waals surface area contributed by atoms with Crippen LogP contribution in [0.1, 0.15) is 5.56 Å². The van der Waals surface area contributed by atoms with Crippen LogP contribution in [-0.2, 0) is 4.79 Å². The summed E-state index contributed by atoms with van der Waals surface area (Å²) < 4.78 is 10.6. The standard InChI is InChI=1S/C21H23N3O3S/c1-26-15-8-14(9-16(10-15)27-2)22-11-18-23-20(25)19-17(12-28-21(19)24-18)13-6-4-3-5-7-13/h3-10,12,18-19,21-22,24H,11H2,1-2H3,(H,23,25). The van der Waals surface area contributed by atoms with Gasteiger partial charge in [-0.1, -0.05) is 30.3 Å². The highest BCUT2D eigenvalue weighted by atomic mass is 32.2. The van der Waals surface area contributed by atoms with Crippen LogP contribution in [-0.4, -0.2) is 38.2 Å². The lowest BCUT2D eigenvalue weighted by Gasteiger charge is -2.34. The maximum Gasteiger partial charge on any atom is 0.231 e. The lowest BCUT2D eigenvalue weighted by Crippen LogP contribution is -2.61. The number of rotatable bonds is 6. The Bertz CT molecular complexity index is 865. The molecule has 2 aromatic carbocycles. The van der Waals surface area contributed by atoms with Gasteiger partial charge in [-0.15, -0.1) is 11.8 Å². The predicted octanol–water partition coefficient (Wildman–Crippen LogP) is 2.89. The Labute approximate surface area is 168 Å². The number of hydrogen-bond donors (Lipinski definition) is 3. The van der Waals surface area contributed by atoms with Gasteiger partial charge < -0.3 is 20.1 Å². The van der Waals surface area contributed by atoms with E-state index in [1.165, 1.54) is 0 Å². The van der Waals surface area contributed by atoms with E-state index < -0.39 is 0 Å². The zero-order valence-electron chi connectivity index (χ0n) is 15.8. The first-order chi connectivity index (χ1) is 13.7. The van der Waals surface area contributed by atoms with Crippen LogP contribution in [0, 0.1) is 5.92 Å². The first-order valence-corrected chi connectivity index (χ1v) is 10.1. The summed E-state index contributed by atoms with van der Waals surface area (Å²) in [5.74, 6) is 1.30. The van der Waals surface area contributed by atoms with Crippen LogP contribution in [0.4, 0.5) is 5.69 Å². The molecule has 1 amide bonds. The fourth-order valence-corrected chi connectivity index (χ4v) is 4.74. The van der Waals surface area contributed by atoms with E-state index in [0.717, 1.165) is 16.8 Å². The highest BCUT2D eigenvalue weighted by molar-refractivity contribution is 8.03. The summed E-state index contributed by atoms with van der Waals surface area (Å²) in [7, 11) is 3.24. The van der Waals surface area contributed by atoms with Crippen molar-refractivity contribution in [3.8, 4) is 11.5 Å². The zero-order valence-corrected chi connectivity index (χ0v) is 16.6. The van der Waals surface area contributed by atoms with Gasteiger partial charge in [0.1, 0.15) is 11.5 Å². The van der Waals surface area contributed by atoms with Crippen molar-refractivity contribution in [1.82, 2.24) is 10.6 Å². The summed E-state index contributed by atoms with van der Waals surface area (Å²) in [4.78, 5) is 12.8. The average Bonchev–Trinajstić information content (AvgIpc) is 3.17. The first-order valence-electron chi connectivity index (χ1n) is 9.12. The number of ether oxygens (including phenoxy) is 2. The molecule has 3 N–H and O–H groups in total. The molecule has 2 aliphatic rings. The lowest BCUT2D eigenvalue weighted by atomic mass is 9.91. The molecule has 1 saturated heterocycles. The largest absolute Gasteiger partial charge is 0.497 e. The lowest BCUT2D eigenvalue weighted by molar-refractivity contribution is -0.126. The van der Waals surface area contributed by atoms with E-state index >= 15 is 0 Å². The van der Waals surface area contributed by atoms with Crippen molar-refractivity contribution in [2.24, 2.45) is 5.92 Å². The first kappa shape index (κ1) is 18.7. The summed E-state index contributed by atoms with van der Waals surface area (Å²) in [5, 5.41) is 12.1. The predicted molar refractivity (Wildman–Crippen MR) is 112 cm³/mol. The van der Waals surface area contributed by atoms with Crippen LogP contribution in [0.2, 0.25) is 0 Å². The van der Waals surface area contributed by atoms with Crippen LogP contribution in [0.5, 0.6) is 11.5 Å². The minimum absolute atomic E-state index is 0.0376. The molecular weight excluding hydrogens is 374 g/mol. The fraction of sp³-hybridized carbons (Fsp3) is 0.286. The van der Waals surface area contributed by atoms with Crippen molar-refractivity contribution < 1.29 is 14.3 Å². The van der Waals surface area contributed by atoms with Crippen molar-refractivity contribution in [3.05, 3.63) is 59.5 Å². The van der Waals surface area contributed by atoms with Gasteiger partial charge in [0.25, 0.3) is 0 Å².